The highest BCUT2D eigenvalue weighted by Crippen LogP contribution is 2.08. The predicted molar refractivity (Wildman–Crippen MR) is 61.4 cm³/mol. The Hall–Kier alpha value is -0.660. The van der Waals surface area contributed by atoms with E-state index in [4.69, 9.17) is 10.9 Å². The fourth-order valence-corrected chi connectivity index (χ4v) is 1.53. The van der Waals surface area contributed by atoms with Crippen LogP contribution in [0, 0.1) is 0 Å². The average molecular weight is 255 g/mol. The Morgan fingerprint density at radius 3 is 1.93 bits per heavy atom. The van der Waals surface area contributed by atoms with Gasteiger partial charge in [-0.2, -0.15) is 0 Å². The standard InChI is InChI=1S/C8H12N2O2S.ClH.H2O/c9-6-5-7-1-3-8(4-2-7)13(10,11)12;;/h1-4H,5-6,9H2,(H2,10,11,12);1H;1H2. The second kappa shape index (κ2) is 6.76. The van der Waals surface area contributed by atoms with E-state index in [-0.39, 0.29) is 22.8 Å². The van der Waals surface area contributed by atoms with Crippen molar-refractivity contribution < 1.29 is 13.9 Å². The molecule has 0 heterocycles. The maximum atomic E-state index is 10.9. The van der Waals surface area contributed by atoms with Gasteiger partial charge in [-0.1, -0.05) is 12.1 Å². The molecule has 0 atom stereocenters. The van der Waals surface area contributed by atoms with Gasteiger partial charge in [-0.15, -0.1) is 12.4 Å². The Morgan fingerprint density at radius 1 is 1.13 bits per heavy atom. The minimum absolute atomic E-state index is 0. The smallest absolute Gasteiger partial charge is 0.238 e. The summed E-state index contributed by atoms with van der Waals surface area (Å²) in [5.41, 5.74) is 6.35. The third-order valence-electron chi connectivity index (χ3n) is 1.68. The summed E-state index contributed by atoms with van der Waals surface area (Å²) in [4.78, 5) is 0.133. The Balaban J connectivity index is 0. The van der Waals surface area contributed by atoms with E-state index in [1.807, 2.05) is 0 Å². The molecule has 0 saturated heterocycles. The fraction of sp³-hybridized carbons (Fsp3) is 0.250. The molecule has 0 spiro atoms. The lowest BCUT2D eigenvalue weighted by molar-refractivity contribution is 0.598. The Labute approximate surface area is 95.2 Å². The van der Waals surface area contributed by atoms with Crippen molar-refractivity contribution in [2.45, 2.75) is 11.3 Å². The molecule has 88 valence electrons. The highest BCUT2D eigenvalue weighted by molar-refractivity contribution is 7.89. The summed E-state index contributed by atoms with van der Waals surface area (Å²) in [6.45, 7) is 0.550. The van der Waals surface area contributed by atoms with E-state index in [1.54, 1.807) is 12.1 Å². The lowest BCUT2D eigenvalue weighted by atomic mass is 10.2. The molecule has 1 aromatic carbocycles. The highest BCUT2D eigenvalue weighted by Gasteiger charge is 2.05. The molecular weight excluding hydrogens is 240 g/mol. The Bertz CT molecular complexity index is 377. The van der Waals surface area contributed by atoms with E-state index in [0.29, 0.717) is 6.54 Å². The molecule has 0 fully saturated rings. The zero-order chi connectivity index (χ0) is 9.90. The van der Waals surface area contributed by atoms with Crippen LogP contribution in [0.5, 0.6) is 0 Å². The summed E-state index contributed by atoms with van der Waals surface area (Å²) in [6.07, 6.45) is 0.741. The molecule has 0 aliphatic rings. The quantitative estimate of drug-likeness (QED) is 0.752. The molecule has 1 rings (SSSR count). The van der Waals surface area contributed by atoms with E-state index >= 15 is 0 Å². The summed E-state index contributed by atoms with van der Waals surface area (Å²) in [5.74, 6) is 0. The normalized spacial score (nSPS) is 10.0. The van der Waals surface area contributed by atoms with Crippen molar-refractivity contribution in [3.8, 4) is 0 Å². The van der Waals surface area contributed by atoms with Gasteiger partial charge in [0.25, 0.3) is 0 Å². The van der Waals surface area contributed by atoms with Gasteiger partial charge in [0, 0.05) is 0 Å². The Morgan fingerprint density at radius 2 is 1.60 bits per heavy atom. The number of sulfonamides is 1. The van der Waals surface area contributed by atoms with Crippen LogP contribution in [-0.2, 0) is 16.4 Å². The second-order valence-electron chi connectivity index (χ2n) is 2.73. The van der Waals surface area contributed by atoms with Gasteiger partial charge < -0.3 is 11.2 Å². The van der Waals surface area contributed by atoms with Crippen molar-refractivity contribution in [3.05, 3.63) is 29.8 Å². The molecule has 0 amide bonds. The number of rotatable bonds is 3. The van der Waals surface area contributed by atoms with Crippen LogP contribution < -0.4 is 10.9 Å². The van der Waals surface area contributed by atoms with Crippen molar-refractivity contribution in [1.29, 1.82) is 0 Å². The van der Waals surface area contributed by atoms with Crippen LogP contribution in [0.4, 0.5) is 0 Å². The number of nitrogens with two attached hydrogens (primary N) is 2. The number of hydrogen-bond donors (Lipinski definition) is 2. The molecule has 1 aromatic rings. The van der Waals surface area contributed by atoms with E-state index < -0.39 is 10.0 Å². The van der Waals surface area contributed by atoms with Gasteiger partial charge >= 0.3 is 0 Å². The third-order valence-corrected chi connectivity index (χ3v) is 2.61. The minimum atomic E-state index is -3.57. The molecule has 0 saturated carbocycles. The summed E-state index contributed by atoms with van der Waals surface area (Å²) in [7, 11) is -3.57. The van der Waals surface area contributed by atoms with Crippen LogP contribution in [-0.4, -0.2) is 20.4 Å². The first-order chi connectivity index (χ1) is 6.04. The number of primary sulfonamides is 1. The van der Waals surface area contributed by atoms with Crippen molar-refractivity contribution in [2.75, 3.05) is 6.54 Å². The van der Waals surface area contributed by atoms with Crippen LogP contribution in [0.1, 0.15) is 5.56 Å². The molecule has 0 aliphatic heterocycles. The predicted octanol–water partition coefficient (Wildman–Crippen LogP) is -0.568. The third kappa shape index (κ3) is 5.10. The van der Waals surface area contributed by atoms with E-state index in [1.165, 1.54) is 12.1 Å². The largest absolute Gasteiger partial charge is 0.412 e. The van der Waals surface area contributed by atoms with Crippen LogP contribution >= 0.6 is 12.4 Å². The SMILES string of the molecule is Cl.NCCc1ccc(S(N)(=O)=O)cc1.O. The lowest BCUT2D eigenvalue weighted by Gasteiger charge is -2.00. The monoisotopic (exact) mass is 254 g/mol. The number of halogens is 1. The van der Waals surface area contributed by atoms with E-state index in [2.05, 4.69) is 0 Å². The van der Waals surface area contributed by atoms with Gasteiger partial charge in [-0.3, -0.25) is 0 Å². The average Bonchev–Trinajstić information content (AvgIpc) is 2.04. The molecule has 15 heavy (non-hydrogen) atoms. The molecule has 7 heteroatoms. The minimum Gasteiger partial charge on any atom is -0.412 e. The number of benzene rings is 1. The first-order valence-electron chi connectivity index (χ1n) is 3.86. The first-order valence-corrected chi connectivity index (χ1v) is 5.40. The van der Waals surface area contributed by atoms with E-state index in [9.17, 15) is 8.42 Å². The molecule has 0 unspecified atom stereocenters. The summed E-state index contributed by atoms with van der Waals surface area (Å²) < 4.78 is 21.7. The lowest BCUT2D eigenvalue weighted by Crippen LogP contribution is -2.12. The molecule has 0 radical (unpaired) electrons. The van der Waals surface area contributed by atoms with Gasteiger partial charge in [0.05, 0.1) is 4.90 Å². The zero-order valence-corrected chi connectivity index (χ0v) is 9.64. The summed E-state index contributed by atoms with van der Waals surface area (Å²) >= 11 is 0. The van der Waals surface area contributed by atoms with Crippen LogP contribution in [0.2, 0.25) is 0 Å². The molecular formula is C8H15ClN2O3S. The second-order valence-corrected chi connectivity index (χ2v) is 4.29. The van der Waals surface area contributed by atoms with Crippen LogP contribution in [0.3, 0.4) is 0 Å². The zero-order valence-electron chi connectivity index (χ0n) is 8.01. The molecule has 0 aliphatic carbocycles. The van der Waals surface area contributed by atoms with Gasteiger partial charge in [0.2, 0.25) is 10.0 Å². The topological polar surface area (TPSA) is 118 Å². The molecule has 6 N–H and O–H groups in total. The van der Waals surface area contributed by atoms with Gasteiger partial charge in [0.15, 0.2) is 0 Å². The van der Waals surface area contributed by atoms with Crippen molar-refractivity contribution >= 4 is 22.4 Å². The molecule has 0 aromatic heterocycles. The summed E-state index contributed by atoms with van der Waals surface area (Å²) in [5, 5.41) is 4.93. The molecule has 0 bridgehead atoms. The van der Waals surface area contributed by atoms with Crippen LogP contribution in [0.15, 0.2) is 29.2 Å². The van der Waals surface area contributed by atoms with Gasteiger partial charge in [0.1, 0.15) is 0 Å². The summed E-state index contributed by atoms with van der Waals surface area (Å²) in [6, 6.07) is 6.40. The Kier molecular flexibility index (Phi) is 7.55. The highest BCUT2D eigenvalue weighted by atomic mass is 35.5. The maximum absolute atomic E-state index is 10.9. The van der Waals surface area contributed by atoms with E-state index in [0.717, 1.165) is 12.0 Å². The molecule has 5 nitrogen and oxygen atoms in total. The van der Waals surface area contributed by atoms with Crippen LogP contribution in [0.25, 0.3) is 0 Å². The first kappa shape index (κ1) is 16.8. The fourth-order valence-electron chi connectivity index (χ4n) is 1.01. The van der Waals surface area contributed by atoms with Crippen molar-refractivity contribution in [3.63, 3.8) is 0 Å². The van der Waals surface area contributed by atoms with Gasteiger partial charge in [-0.25, -0.2) is 13.6 Å². The number of hydrogen-bond acceptors (Lipinski definition) is 3. The van der Waals surface area contributed by atoms with Crippen molar-refractivity contribution in [2.24, 2.45) is 10.9 Å². The van der Waals surface area contributed by atoms with Gasteiger partial charge in [-0.05, 0) is 30.7 Å². The van der Waals surface area contributed by atoms with Crippen molar-refractivity contribution in [1.82, 2.24) is 0 Å². The maximum Gasteiger partial charge on any atom is 0.238 e.